The van der Waals surface area contributed by atoms with Crippen LogP contribution < -0.4 is 9.62 Å². The number of hydrogen-bond acceptors (Lipinski definition) is 4. The Morgan fingerprint density at radius 1 is 0.889 bits per heavy atom. The zero-order chi connectivity index (χ0) is 26.5. The molecule has 1 atom stereocenters. The van der Waals surface area contributed by atoms with Gasteiger partial charge in [0.1, 0.15) is 12.6 Å². The fraction of sp³-hybridized carbons (Fsp3) is 0.286. The predicted octanol–water partition coefficient (Wildman–Crippen LogP) is 3.97. The number of hydrogen-bond donors (Lipinski definition) is 1. The predicted molar refractivity (Wildman–Crippen MR) is 142 cm³/mol. The molecule has 190 valence electrons. The van der Waals surface area contributed by atoms with Crippen LogP contribution in [0.5, 0.6) is 0 Å². The van der Waals surface area contributed by atoms with E-state index in [4.69, 9.17) is 0 Å². The molecule has 0 aliphatic carbocycles. The first-order valence-electron chi connectivity index (χ1n) is 11.8. The smallest absolute Gasteiger partial charge is 0.264 e. The molecule has 0 radical (unpaired) electrons. The minimum atomic E-state index is -4.06. The first-order chi connectivity index (χ1) is 17.0. The van der Waals surface area contributed by atoms with Gasteiger partial charge in [-0.2, -0.15) is 0 Å². The molecule has 0 unspecified atom stereocenters. The Hall–Kier alpha value is -3.65. The molecular weight excluding hydrogens is 474 g/mol. The van der Waals surface area contributed by atoms with Gasteiger partial charge in [0.2, 0.25) is 11.8 Å². The van der Waals surface area contributed by atoms with E-state index in [0.29, 0.717) is 5.69 Å². The van der Waals surface area contributed by atoms with Gasteiger partial charge in [0.15, 0.2) is 0 Å². The number of sulfonamides is 1. The highest BCUT2D eigenvalue weighted by molar-refractivity contribution is 7.92. The molecule has 0 saturated carbocycles. The van der Waals surface area contributed by atoms with E-state index in [9.17, 15) is 18.0 Å². The Kier molecular flexibility index (Phi) is 8.53. The molecule has 0 heterocycles. The second-order valence-corrected chi connectivity index (χ2v) is 10.8. The molecule has 0 spiro atoms. The second kappa shape index (κ2) is 11.4. The summed E-state index contributed by atoms with van der Waals surface area (Å²) < 4.78 is 28.6. The molecule has 0 aliphatic heterocycles. The molecule has 2 amide bonds. The summed E-state index contributed by atoms with van der Waals surface area (Å²) >= 11 is 0. The van der Waals surface area contributed by atoms with Crippen molar-refractivity contribution in [3.05, 3.63) is 95.1 Å². The van der Waals surface area contributed by atoms with E-state index in [1.165, 1.54) is 24.1 Å². The lowest BCUT2D eigenvalue weighted by atomic mass is 10.1. The zero-order valence-corrected chi connectivity index (χ0v) is 22.2. The third kappa shape index (κ3) is 6.12. The lowest BCUT2D eigenvalue weighted by Gasteiger charge is -2.32. The van der Waals surface area contributed by atoms with Gasteiger partial charge in [0.05, 0.1) is 10.6 Å². The number of carbonyl (C=O) groups excluding carboxylic acids is 2. The van der Waals surface area contributed by atoms with E-state index in [1.54, 1.807) is 37.3 Å². The molecule has 8 heteroatoms. The van der Waals surface area contributed by atoms with Crippen molar-refractivity contribution in [1.29, 1.82) is 0 Å². The van der Waals surface area contributed by atoms with E-state index < -0.39 is 28.5 Å². The number of aryl methyl sites for hydroxylation is 3. The number of amides is 2. The van der Waals surface area contributed by atoms with Crippen molar-refractivity contribution in [2.75, 3.05) is 17.9 Å². The maximum Gasteiger partial charge on any atom is 0.264 e. The summed E-state index contributed by atoms with van der Waals surface area (Å²) in [6.45, 7) is 7.15. The number of benzene rings is 3. The summed E-state index contributed by atoms with van der Waals surface area (Å²) in [4.78, 5) is 27.7. The number of anilines is 1. The number of rotatable bonds is 9. The molecule has 36 heavy (non-hydrogen) atoms. The fourth-order valence-corrected chi connectivity index (χ4v) is 5.24. The summed E-state index contributed by atoms with van der Waals surface area (Å²) in [6, 6.07) is 20.2. The van der Waals surface area contributed by atoms with Crippen LogP contribution in [0.3, 0.4) is 0 Å². The van der Waals surface area contributed by atoms with Crippen molar-refractivity contribution in [2.24, 2.45) is 0 Å². The number of carbonyl (C=O) groups is 2. The molecule has 0 aromatic heterocycles. The van der Waals surface area contributed by atoms with Gasteiger partial charge in [0, 0.05) is 13.6 Å². The molecule has 0 saturated heterocycles. The average Bonchev–Trinajstić information content (AvgIpc) is 2.88. The fourth-order valence-electron chi connectivity index (χ4n) is 3.81. The Balaban J connectivity index is 2.04. The Morgan fingerprint density at radius 2 is 1.53 bits per heavy atom. The van der Waals surface area contributed by atoms with Crippen LogP contribution in [0, 0.1) is 20.8 Å². The summed E-state index contributed by atoms with van der Waals surface area (Å²) in [7, 11) is -2.55. The molecule has 3 aromatic carbocycles. The molecule has 0 aliphatic rings. The molecule has 1 N–H and O–H groups in total. The Morgan fingerprint density at radius 3 is 2.11 bits per heavy atom. The first-order valence-corrected chi connectivity index (χ1v) is 13.2. The highest BCUT2D eigenvalue weighted by Crippen LogP contribution is 2.26. The largest absolute Gasteiger partial charge is 0.357 e. The number of nitrogens with one attached hydrogen (secondary N) is 1. The van der Waals surface area contributed by atoms with Crippen LogP contribution >= 0.6 is 0 Å². The van der Waals surface area contributed by atoms with Gasteiger partial charge >= 0.3 is 0 Å². The summed E-state index contributed by atoms with van der Waals surface area (Å²) in [5.41, 5.74) is 4.22. The van der Waals surface area contributed by atoms with Gasteiger partial charge < -0.3 is 10.2 Å². The molecule has 3 aromatic rings. The van der Waals surface area contributed by atoms with Gasteiger partial charge in [-0.05, 0) is 68.7 Å². The van der Waals surface area contributed by atoms with Crippen LogP contribution in [-0.4, -0.2) is 44.8 Å². The zero-order valence-electron chi connectivity index (χ0n) is 21.4. The summed E-state index contributed by atoms with van der Waals surface area (Å²) in [6.07, 6.45) is 0. The number of nitrogens with zero attached hydrogens (tertiary/aromatic N) is 2. The van der Waals surface area contributed by atoms with Gasteiger partial charge in [-0.15, -0.1) is 0 Å². The summed E-state index contributed by atoms with van der Waals surface area (Å²) in [5, 5.41) is 2.59. The van der Waals surface area contributed by atoms with Crippen molar-refractivity contribution < 1.29 is 18.0 Å². The van der Waals surface area contributed by atoms with E-state index in [-0.39, 0.29) is 17.3 Å². The van der Waals surface area contributed by atoms with Crippen LogP contribution in [0.4, 0.5) is 5.69 Å². The lowest BCUT2D eigenvalue weighted by Crippen LogP contribution is -2.50. The number of likely N-dealkylation sites (N-methyl/N-ethyl adjacent to an activating group) is 1. The van der Waals surface area contributed by atoms with Crippen LogP contribution in [0.1, 0.15) is 29.2 Å². The van der Waals surface area contributed by atoms with Crippen molar-refractivity contribution in [1.82, 2.24) is 10.2 Å². The van der Waals surface area contributed by atoms with Crippen molar-refractivity contribution in [2.45, 2.75) is 45.2 Å². The van der Waals surface area contributed by atoms with Crippen LogP contribution in [0.25, 0.3) is 0 Å². The van der Waals surface area contributed by atoms with Gasteiger partial charge in [-0.1, -0.05) is 54.1 Å². The molecule has 7 nitrogen and oxygen atoms in total. The lowest BCUT2D eigenvalue weighted by molar-refractivity contribution is -0.139. The third-order valence-electron chi connectivity index (χ3n) is 6.28. The monoisotopic (exact) mass is 507 g/mol. The van der Waals surface area contributed by atoms with Crippen molar-refractivity contribution in [3.63, 3.8) is 0 Å². The van der Waals surface area contributed by atoms with E-state index in [2.05, 4.69) is 5.32 Å². The minimum absolute atomic E-state index is 0.0838. The SMILES string of the molecule is CNC(=O)[C@@H](C)N(Cc1ccc(C)cc1)C(=O)CN(c1ccc(C)c(C)c1)S(=O)(=O)c1ccccc1. The van der Waals surface area contributed by atoms with E-state index >= 15 is 0 Å². The second-order valence-electron chi connectivity index (χ2n) is 8.89. The molecular formula is C28H33N3O4S. The Bertz CT molecular complexity index is 1320. The third-order valence-corrected chi connectivity index (χ3v) is 8.06. The standard InChI is InChI=1S/C28H33N3O4S/c1-20-11-14-24(15-12-20)18-30(23(4)28(33)29-5)27(32)19-31(25-16-13-21(2)22(3)17-25)36(34,35)26-9-7-6-8-10-26/h6-17,23H,18-19H2,1-5H3,(H,29,33)/t23-/m1/s1. The van der Waals surface area contributed by atoms with Crippen molar-refractivity contribution >= 4 is 27.5 Å². The highest BCUT2D eigenvalue weighted by atomic mass is 32.2. The van der Waals surface area contributed by atoms with Crippen LogP contribution in [-0.2, 0) is 26.2 Å². The van der Waals surface area contributed by atoms with Crippen molar-refractivity contribution in [3.8, 4) is 0 Å². The van der Waals surface area contributed by atoms with Crippen LogP contribution in [0.2, 0.25) is 0 Å². The van der Waals surface area contributed by atoms with Gasteiger partial charge in [-0.3, -0.25) is 13.9 Å². The molecule has 0 bridgehead atoms. The minimum Gasteiger partial charge on any atom is -0.357 e. The maximum absolute atomic E-state index is 13.7. The molecule has 0 fully saturated rings. The van der Waals surface area contributed by atoms with Gasteiger partial charge in [-0.25, -0.2) is 8.42 Å². The topological polar surface area (TPSA) is 86.8 Å². The van der Waals surface area contributed by atoms with Crippen LogP contribution in [0.15, 0.2) is 77.7 Å². The maximum atomic E-state index is 13.7. The van der Waals surface area contributed by atoms with Gasteiger partial charge in [0.25, 0.3) is 10.0 Å². The highest BCUT2D eigenvalue weighted by Gasteiger charge is 2.32. The average molecular weight is 508 g/mol. The first kappa shape index (κ1) is 26.9. The Labute approximate surface area is 213 Å². The summed E-state index contributed by atoms with van der Waals surface area (Å²) in [5.74, 6) is -0.816. The molecule has 3 rings (SSSR count). The quantitative estimate of drug-likeness (QED) is 0.475. The normalized spacial score (nSPS) is 12.0. The van der Waals surface area contributed by atoms with E-state index in [0.717, 1.165) is 26.6 Å². The van der Waals surface area contributed by atoms with E-state index in [1.807, 2.05) is 51.1 Å².